The van der Waals surface area contributed by atoms with E-state index in [1.54, 1.807) is 12.1 Å². The minimum atomic E-state index is -1.22. The molecule has 1 heterocycles. The van der Waals surface area contributed by atoms with Gasteiger partial charge in [0.15, 0.2) is 11.6 Å². The summed E-state index contributed by atoms with van der Waals surface area (Å²) in [5, 5.41) is 16.9. The highest BCUT2D eigenvalue weighted by atomic mass is 16.4. The molecule has 1 aliphatic carbocycles. The molecular formula is C15H18N5O2-. The normalized spacial score (nSPS) is 19.8. The number of carbonyl (C=O) groups is 1. The molecule has 7 heteroatoms. The van der Waals surface area contributed by atoms with Crippen LogP contribution in [0.2, 0.25) is 0 Å². The number of anilines is 1. The fraction of sp³-hybridized carbons (Fsp3) is 0.400. The van der Waals surface area contributed by atoms with Crippen LogP contribution >= 0.6 is 0 Å². The first-order valence-corrected chi connectivity index (χ1v) is 7.37. The molecule has 1 spiro atoms. The average molecular weight is 300 g/mol. The molecule has 0 amide bonds. The fourth-order valence-electron chi connectivity index (χ4n) is 2.90. The summed E-state index contributed by atoms with van der Waals surface area (Å²) in [5.41, 5.74) is 6.10. The Balaban J connectivity index is 1.82. The minimum Gasteiger partial charge on any atom is -0.545 e. The van der Waals surface area contributed by atoms with E-state index < -0.39 is 11.6 Å². The predicted octanol–water partition coefficient (Wildman–Crippen LogP) is 0.396. The maximum Gasteiger partial charge on any atom is 0.205 e. The van der Waals surface area contributed by atoms with Crippen molar-refractivity contribution >= 4 is 23.6 Å². The van der Waals surface area contributed by atoms with Crippen molar-refractivity contribution in [2.75, 3.05) is 5.32 Å². The van der Waals surface area contributed by atoms with Crippen molar-refractivity contribution in [2.45, 2.75) is 37.8 Å². The first-order chi connectivity index (χ1) is 10.6. The number of rotatable bonds is 2. The van der Waals surface area contributed by atoms with Crippen molar-refractivity contribution in [1.82, 2.24) is 5.32 Å². The number of aromatic carboxylic acids is 1. The van der Waals surface area contributed by atoms with Crippen LogP contribution in [0.25, 0.3) is 0 Å². The van der Waals surface area contributed by atoms with E-state index in [9.17, 15) is 9.90 Å². The van der Waals surface area contributed by atoms with Gasteiger partial charge in [0.05, 0.1) is 5.97 Å². The molecule has 0 aromatic heterocycles. The van der Waals surface area contributed by atoms with Crippen LogP contribution in [-0.2, 0) is 0 Å². The molecule has 1 fully saturated rings. The molecule has 1 aromatic carbocycles. The van der Waals surface area contributed by atoms with E-state index in [0.29, 0.717) is 17.6 Å². The third-order valence-corrected chi connectivity index (χ3v) is 3.91. The van der Waals surface area contributed by atoms with Crippen LogP contribution in [0.5, 0.6) is 0 Å². The monoisotopic (exact) mass is 300 g/mol. The van der Waals surface area contributed by atoms with E-state index in [4.69, 9.17) is 5.73 Å². The van der Waals surface area contributed by atoms with Gasteiger partial charge in [0, 0.05) is 5.69 Å². The van der Waals surface area contributed by atoms with Gasteiger partial charge in [-0.2, -0.15) is 0 Å². The van der Waals surface area contributed by atoms with Gasteiger partial charge in [-0.25, -0.2) is 9.98 Å². The molecule has 22 heavy (non-hydrogen) atoms. The van der Waals surface area contributed by atoms with Gasteiger partial charge in [-0.1, -0.05) is 18.6 Å². The number of hydrogen-bond donors (Lipinski definition) is 3. The zero-order chi connectivity index (χ0) is 15.6. The Labute approximate surface area is 128 Å². The second kappa shape index (κ2) is 5.67. The third kappa shape index (κ3) is 3.03. The molecule has 1 aliphatic heterocycles. The van der Waals surface area contributed by atoms with Crippen molar-refractivity contribution in [3.8, 4) is 0 Å². The van der Waals surface area contributed by atoms with Crippen LogP contribution in [-0.4, -0.2) is 23.6 Å². The van der Waals surface area contributed by atoms with E-state index >= 15 is 0 Å². The molecule has 1 aromatic rings. The maximum absolute atomic E-state index is 10.9. The van der Waals surface area contributed by atoms with E-state index in [1.165, 1.54) is 18.6 Å². The lowest BCUT2D eigenvalue weighted by atomic mass is 9.90. The van der Waals surface area contributed by atoms with Gasteiger partial charge < -0.3 is 21.0 Å². The molecule has 0 radical (unpaired) electrons. The Morgan fingerprint density at radius 1 is 1.27 bits per heavy atom. The number of nitrogens with one attached hydrogen (secondary N) is 2. The van der Waals surface area contributed by atoms with E-state index in [2.05, 4.69) is 20.6 Å². The molecule has 0 atom stereocenters. The van der Waals surface area contributed by atoms with Crippen LogP contribution in [0, 0.1) is 0 Å². The van der Waals surface area contributed by atoms with Crippen molar-refractivity contribution in [3.63, 3.8) is 0 Å². The average Bonchev–Trinajstić information content (AvgIpc) is 2.47. The first kappa shape index (κ1) is 14.4. The third-order valence-electron chi connectivity index (χ3n) is 3.91. The Morgan fingerprint density at radius 2 is 2.05 bits per heavy atom. The van der Waals surface area contributed by atoms with Gasteiger partial charge in [-0.15, -0.1) is 0 Å². The number of carboxylic acid groups (broad SMARTS) is 1. The Morgan fingerprint density at radius 3 is 2.77 bits per heavy atom. The van der Waals surface area contributed by atoms with Gasteiger partial charge in [0.25, 0.3) is 0 Å². The molecule has 2 aliphatic rings. The Kier molecular flexibility index (Phi) is 3.70. The largest absolute Gasteiger partial charge is 0.545 e. The lowest BCUT2D eigenvalue weighted by molar-refractivity contribution is -0.255. The van der Waals surface area contributed by atoms with Crippen molar-refractivity contribution in [3.05, 3.63) is 29.8 Å². The molecule has 0 bridgehead atoms. The summed E-state index contributed by atoms with van der Waals surface area (Å²) in [7, 11) is 0. The summed E-state index contributed by atoms with van der Waals surface area (Å²) in [5.74, 6) is -0.396. The number of nitrogens with two attached hydrogens (primary N) is 1. The summed E-state index contributed by atoms with van der Waals surface area (Å²) >= 11 is 0. The molecule has 4 N–H and O–H groups in total. The van der Waals surface area contributed by atoms with Crippen molar-refractivity contribution < 1.29 is 9.90 Å². The van der Waals surface area contributed by atoms with E-state index in [-0.39, 0.29) is 5.56 Å². The molecule has 3 rings (SSSR count). The lowest BCUT2D eigenvalue weighted by Gasteiger charge is -2.34. The van der Waals surface area contributed by atoms with Crippen LogP contribution < -0.4 is 21.5 Å². The number of carbonyl (C=O) groups excluding carboxylic acids is 1. The SMILES string of the molecule is NC1=NC2(CCCCC2)N=C(Nc2cccc(C(=O)[O-])c2)N1. The molecular weight excluding hydrogens is 282 g/mol. The standard InChI is InChI=1S/C15H19N5O2/c16-13-18-14(20-15(19-13)7-2-1-3-8-15)17-11-6-4-5-10(9-11)12(21)22/h4-6,9H,1-3,7-8H2,(H,21,22)(H4,16,17,18,19,20)/p-1. The number of guanidine groups is 2. The van der Waals surface area contributed by atoms with Crippen LogP contribution in [0.3, 0.4) is 0 Å². The summed E-state index contributed by atoms with van der Waals surface area (Å²) in [6.07, 6.45) is 5.09. The smallest absolute Gasteiger partial charge is 0.205 e. The second-order valence-corrected chi connectivity index (χ2v) is 5.62. The Bertz CT molecular complexity index is 647. The van der Waals surface area contributed by atoms with Gasteiger partial charge in [-0.05, 0) is 43.4 Å². The molecule has 1 saturated carbocycles. The Hall–Kier alpha value is -2.57. The zero-order valence-electron chi connectivity index (χ0n) is 12.1. The summed E-state index contributed by atoms with van der Waals surface area (Å²) < 4.78 is 0. The molecule has 116 valence electrons. The van der Waals surface area contributed by atoms with Crippen molar-refractivity contribution in [1.29, 1.82) is 0 Å². The topological polar surface area (TPSA) is 115 Å². The number of benzene rings is 1. The number of carboxylic acids is 1. The van der Waals surface area contributed by atoms with Gasteiger partial charge in [-0.3, -0.25) is 5.32 Å². The highest BCUT2D eigenvalue weighted by Crippen LogP contribution is 2.34. The van der Waals surface area contributed by atoms with E-state index in [1.807, 2.05) is 0 Å². The number of hydrogen-bond acceptors (Lipinski definition) is 7. The zero-order valence-corrected chi connectivity index (χ0v) is 12.1. The molecule has 7 nitrogen and oxygen atoms in total. The highest BCUT2D eigenvalue weighted by molar-refractivity contribution is 6.06. The summed E-state index contributed by atoms with van der Waals surface area (Å²) in [6.45, 7) is 0. The van der Waals surface area contributed by atoms with Crippen molar-refractivity contribution in [2.24, 2.45) is 15.7 Å². The van der Waals surface area contributed by atoms with Gasteiger partial charge in [0.2, 0.25) is 5.96 Å². The van der Waals surface area contributed by atoms with Crippen LogP contribution in [0.4, 0.5) is 5.69 Å². The molecule has 0 unspecified atom stereocenters. The number of aliphatic imine (C=N–C) groups is 2. The lowest BCUT2D eigenvalue weighted by Crippen LogP contribution is -2.49. The minimum absolute atomic E-state index is 0.107. The van der Waals surface area contributed by atoms with Crippen LogP contribution in [0.1, 0.15) is 42.5 Å². The number of nitrogens with zero attached hydrogens (tertiary/aromatic N) is 2. The second-order valence-electron chi connectivity index (χ2n) is 5.62. The predicted molar refractivity (Wildman–Crippen MR) is 82.4 cm³/mol. The summed E-state index contributed by atoms with van der Waals surface area (Å²) in [4.78, 5) is 20.0. The first-order valence-electron chi connectivity index (χ1n) is 7.37. The fourth-order valence-corrected chi connectivity index (χ4v) is 2.90. The quantitative estimate of drug-likeness (QED) is 0.731. The molecule has 0 saturated heterocycles. The maximum atomic E-state index is 10.9. The van der Waals surface area contributed by atoms with Gasteiger partial charge >= 0.3 is 0 Å². The van der Waals surface area contributed by atoms with Gasteiger partial charge in [0.1, 0.15) is 0 Å². The van der Waals surface area contributed by atoms with E-state index in [0.717, 1.165) is 25.7 Å². The highest BCUT2D eigenvalue weighted by Gasteiger charge is 2.34. The summed E-state index contributed by atoms with van der Waals surface area (Å²) in [6, 6.07) is 6.38. The van der Waals surface area contributed by atoms with Crippen LogP contribution in [0.15, 0.2) is 34.3 Å².